The Labute approximate surface area is 85.1 Å². The van der Waals surface area contributed by atoms with Crippen LogP contribution in [0.5, 0.6) is 0 Å². The SMILES string of the molecule is CC(Nc1cccc([N+](=O)[O-])c1)C(F)F. The Balaban J connectivity index is 2.78. The van der Waals surface area contributed by atoms with Gasteiger partial charge in [-0.05, 0) is 13.0 Å². The number of halogens is 2. The minimum atomic E-state index is -2.51. The van der Waals surface area contributed by atoms with Gasteiger partial charge < -0.3 is 5.32 Å². The van der Waals surface area contributed by atoms with Crippen LogP contribution in [-0.4, -0.2) is 17.4 Å². The fourth-order valence-corrected chi connectivity index (χ4v) is 1.04. The molecule has 1 rings (SSSR count). The van der Waals surface area contributed by atoms with Crippen LogP contribution in [0.4, 0.5) is 20.2 Å². The highest BCUT2D eigenvalue weighted by Gasteiger charge is 2.14. The Morgan fingerprint density at radius 2 is 2.13 bits per heavy atom. The van der Waals surface area contributed by atoms with Crippen LogP contribution in [0, 0.1) is 10.1 Å². The second kappa shape index (κ2) is 4.68. The van der Waals surface area contributed by atoms with Gasteiger partial charge in [-0.2, -0.15) is 0 Å². The summed E-state index contributed by atoms with van der Waals surface area (Å²) in [7, 11) is 0. The maximum atomic E-state index is 12.2. The van der Waals surface area contributed by atoms with Gasteiger partial charge in [0.15, 0.2) is 0 Å². The molecule has 6 heteroatoms. The molecule has 0 amide bonds. The van der Waals surface area contributed by atoms with Crippen LogP contribution in [0.1, 0.15) is 6.92 Å². The van der Waals surface area contributed by atoms with Crippen molar-refractivity contribution in [3.63, 3.8) is 0 Å². The molecule has 0 spiro atoms. The highest BCUT2D eigenvalue weighted by molar-refractivity contribution is 5.51. The van der Waals surface area contributed by atoms with Gasteiger partial charge in [0.2, 0.25) is 0 Å². The minimum absolute atomic E-state index is 0.124. The lowest BCUT2D eigenvalue weighted by atomic mass is 10.2. The molecule has 0 aliphatic carbocycles. The van der Waals surface area contributed by atoms with Crippen LogP contribution < -0.4 is 5.32 Å². The van der Waals surface area contributed by atoms with Gasteiger partial charge in [-0.25, -0.2) is 8.78 Å². The molecule has 0 aromatic heterocycles. The number of rotatable bonds is 4. The molecule has 0 radical (unpaired) electrons. The molecular weight excluding hydrogens is 206 g/mol. The van der Waals surface area contributed by atoms with Gasteiger partial charge in [0.1, 0.15) is 0 Å². The molecule has 15 heavy (non-hydrogen) atoms. The second-order valence-corrected chi connectivity index (χ2v) is 3.07. The quantitative estimate of drug-likeness (QED) is 0.621. The molecule has 4 nitrogen and oxygen atoms in total. The zero-order valence-electron chi connectivity index (χ0n) is 7.98. The first-order valence-corrected chi connectivity index (χ1v) is 4.30. The predicted molar refractivity (Wildman–Crippen MR) is 52.2 cm³/mol. The number of benzene rings is 1. The number of nitro benzene ring substituents is 1. The normalized spacial score (nSPS) is 12.5. The topological polar surface area (TPSA) is 55.2 Å². The standard InChI is InChI=1S/C9H10F2N2O2/c1-6(9(10)11)12-7-3-2-4-8(5-7)13(14)15/h2-6,9,12H,1H3. The summed E-state index contributed by atoms with van der Waals surface area (Å²) >= 11 is 0. The first-order valence-electron chi connectivity index (χ1n) is 4.30. The van der Waals surface area contributed by atoms with Crippen molar-refractivity contribution in [1.82, 2.24) is 0 Å². The third-order valence-electron chi connectivity index (χ3n) is 1.83. The number of non-ortho nitro benzene ring substituents is 1. The number of hydrogen-bond donors (Lipinski definition) is 1. The zero-order chi connectivity index (χ0) is 11.4. The third-order valence-corrected chi connectivity index (χ3v) is 1.83. The van der Waals surface area contributed by atoms with Crippen molar-refractivity contribution in [3.05, 3.63) is 34.4 Å². The van der Waals surface area contributed by atoms with E-state index in [1.165, 1.54) is 31.2 Å². The van der Waals surface area contributed by atoms with E-state index in [0.29, 0.717) is 5.69 Å². The smallest absolute Gasteiger partial charge is 0.271 e. The van der Waals surface area contributed by atoms with Crippen LogP contribution in [0.2, 0.25) is 0 Å². The average Bonchev–Trinajstić information content (AvgIpc) is 2.18. The molecule has 0 aliphatic rings. The number of nitrogens with zero attached hydrogens (tertiary/aromatic N) is 1. The van der Waals surface area contributed by atoms with Gasteiger partial charge in [0, 0.05) is 17.8 Å². The Morgan fingerprint density at radius 3 is 2.67 bits per heavy atom. The number of nitro groups is 1. The van der Waals surface area contributed by atoms with E-state index in [4.69, 9.17) is 0 Å². The zero-order valence-corrected chi connectivity index (χ0v) is 7.98. The monoisotopic (exact) mass is 216 g/mol. The molecule has 1 N–H and O–H groups in total. The van der Waals surface area contributed by atoms with Crippen LogP contribution in [0.15, 0.2) is 24.3 Å². The summed E-state index contributed by atoms with van der Waals surface area (Å²) in [6.45, 7) is 1.31. The molecule has 1 atom stereocenters. The van der Waals surface area contributed by atoms with E-state index in [1.54, 1.807) is 0 Å². The summed E-state index contributed by atoms with van der Waals surface area (Å²) in [6, 6.07) is 4.44. The highest BCUT2D eigenvalue weighted by atomic mass is 19.3. The maximum absolute atomic E-state index is 12.2. The van der Waals surface area contributed by atoms with Crippen molar-refractivity contribution in [2.24, 2.45) is 0 Å². The van der Waals surface area contributed by atoms with Crippen LogP contribution in [-0.2, 0) is 0 Å². The summed E-state index contributed by atoms with van der Waals surface area (Å²) < 4.78 is 24.4. The molecule has 0 heterocycles. The van der Waals surface area contributed by atoms with Crippen molar-refractivity contribution < 1.29 is 13.7 Å². The molecule has 0 aliphatic heterocycles. The molecule has 1 aromatic rings. The maximum Gasteiger partial charge on any atom is 0.271 e. The molecule has 0 saturated heterocycles. The van der Waals surface area contributed by atoms with E-state index in [1.807, 2.05) is 0 Å². The van der Waals surface area contributed by atoms with Crippen LogP contribution in [0.25, 0.3) is 0 Å². The number of anilines is 1. The fraction of sp³-hybridized carbons (Fsp3) is 0.333. The van der Waals surface area contributed by atoms with Gasteiger partial charge >= 0.3 is 0 Å². The second-order valence-electron chi connectivity index (χ2n) is 3.07. The van der Waals surface area contributed by atoms with E-state index in [2.05, 4.69) is 5.32 Å². The highest BCUT2D eigenvalue weighted by Crippen LogP contribution is 2.18. The van der Waals surface area contributed by atoms with E-state index in [-0.39, 0.29) is 5.69 Å². The summed E-state index contributed by atoms with van der Waals surface area (Å²) in [5.74, 6) is 0. The first kappa shape index (κ1) is 11.4. The lowest BCUT2D eigenvalue weighted by molar-refractivity contribution is -0.384. The van der Waals surface area contributed by atoms with E-state index < -0.39 is 17.4 Å². The Morgan fingerprint density at radius 1 is 1.47 bits per heavy atom. The molecular formula is C9H10F2N2O2. The summed E-state index contributed by atoms with van der Waals surface area (Å²) in [5, 5.41) is 12.9. The predicted octanol–water partition coefficient (Wildman–Crippen LogP) is 2.66. The van der Waals surface area contributed by atoms with Gasteiger partial charge in [-0.3, -0.25) is 10.1 Å². The largest absolute Gasteiger partial charge is 0.377 e. The fourth-order valence-electron chi connectivity index (χ4n) is 1.04. The lowest BCUT2D eigenvalue weighted by Crippen LogP contribution is -2.23. The molecule has 1 aromatic carbocycles. The average molecular weight is 216 g/mol. The van der Waals surface area contributed by atoms with E-state index >= 15 is 0 Å². The first-order chi connectivity index (χ1) is 7.00. The van der Waals surface area contributed by atoms with E-state index in [0.717, 1.165) is 0 Å². The molecule has 0 saturated carbocycles. The van der Waals surface area contributed by atoms with Crippen LogP contribution >= 0.6 is 0 Å². The van der Waals surface area contributed by atoms with Gasteiger partial charge in [0.05, 0.1) is 11.0 Å². The number of alkyl halides is 2. The third kappa shape index (κ3) is 3.16. The Kier molecular flexibility index (Phi) is 3.54. The number of nitrogens with one attached hydrogen (secondary N) is 1. The van der Waals surface area contributed by atoms with Gasteiger partial charge in [-0.1, -0.05) is 6.07 Å². The van der Waals surface area contributed by atoms with Crippen molar-refractivity contribution in [1.29, 1.82) is 0 Å². The van der Waals surface area contributed by atoms with Crippen molar-refractivity contribution in [2.45, 2.75) is 19.4 Å². The van der Waals surface area contributed by atoms with Gasteiger partial charge in [0.25, 0.3) is 12.1 Å². The van der Waals surface area contributed by atoms with Crippen molar-refractivity contribution in [2.75, 3.05) is 5.32 Å². The Hall–Kier alpha value is -1.72. The minimum Gasteiger partial charge on any atom is -0.377 e. The molecule has 1 unspecified atom stereocenters. The lowest BCUT2D eigenvalue weighted by Gasteiger charge is -2.13. The molecule has 0 bridgehead atoms. The summed E-state index contributed by atoms with van der Waals surface area (Å²) in [5.41, 5.74) is 0.193. The summed E-state index contributed by atoms with van der Waals surface area (Å²) in [6.07, 6.45) is -2.51. The molecule has 0 fully saturated rings. The van der Waals surface area contributed by atoms with Gasteiger partial charge in [-0.15, -0.1) is 0 Å². The van der Waals surface area contributed by atoms with Crippen molar-refractivity contribution >= 4 is 11.4 Å². The Bertz CT molecular complexity index is 358. The van der Waals surface area contributed by atoms with Crippen LogP contribution in [0.3, 0.4) is 0 Å². The molecule has 82 valence electrons. The van der Waals surface area contributed by atoms with Crippen molar-refractivity contribution in [3.8, 4) is 0 Å². The number of hydrogen-bond acceptors (Lipinski definition) is 3. The summed E-state index contributed by atoms with van der Waals surface area (Å²) in [4.78, 5) is 9.83. The van der Waals surface area contributed by atoms with E-state index in [9.17, 15) is 18.9 Å².